The van der Waals surface area contributed by atoms with Crippen LogP contribution >= 0.6 is 63.7 Å². The lowest BCUT2D eigenvalue weighted by atomic mass is 9.78. The summed E-state index contributed by atoms with van der Waals surface area (Å²) in [6.45, 7) is 12.5. The van der Waals surface area contributed by atoms with Gasteiger partial charge in [0.05, 0.1) is 30.1 Å². The van der Waals surface area contributed by atoms with E-state index in [0.29, 0.717) is 0 Å². The van der Waals surface area contributed by atoms with Crippen LogP contribution in [0.4, 0.5) is 0 Å². The smallest absolute Gasteiger partial charge is 0.148 e. The Morgan fingerprint density at radius 1 is 0.630 bits per heavy atom. The van der Waals surface area contributed by atoms with Crippen molar-refractivity contribution in [2.75, 3.05) is 0 Å². The fourth-order valence-corrected chi connectivity index (χ4v) is 5.45. The highest BCUT2D eigenvalue weighted by molar-refractivity contribution is 9.11. The van der Waals surface area contributed by atoms with Gasteiger partial charge in [-0.1, -0.05) is 13.8 Å². The second-order valence-electron chi connectivity index (χ2n) is 7.50. The van der Waals surface area contributed by atoms with E-state index in [1.807, 2.05) is 27.7 Å². The Hall–Kier alpha value is -0.0400. The van der Waals surface area contributed by atoms with Gasteiger partial charge in [0.25, 0.3) is 0 Å². The monoisotopic (exact) mass is 624 g/mol. The molecule has 0 unspecified atom stereocenters. The van der Waals surface area contributed by atoms with Crippen molar-refractivity contribution in [3.8, 4) is 11.5 Å². The van der Waals surface area contributed by atoms with Crippen LogP contribution in [0.1, 0.15) is 52.7 Å². The minimum absolute atomic E-state index is 0.108. The zero-order chi connectivity index (χ0) is 20.5. The van der Waals surface area contributed by atoms with Crippen LogP contribution in [-0.2, 0) is 5.41 Å². The van der Waals surface area contributed by atoms with Crippen molar-refractivity contribution in [1.29, 1.82) is 0 Å². The second-order valence-corrected chi connectivity index (χ2v) is 10.9. The minimum atomic E-state index is -0.219. The lowest BCUT2D eigenvalue weighted by Gasteiger charge is -2.29. The summed E-state index contributed by atoms with van der Waals surface area (Å²) < 4.78 is 15.6. The van der Waals surface area contributed by atoms with Crippen LogP contribution < -0.4 is 9.47 Å². The molecule has 2 rings (SSSR count). The molecule has 0 aliphatic rings. The SMILES string of the molecule is CC(C)Oc1c(Br)cc(C(C)(C)c2cc(Br)c(OC(C)C)c(Br)c2)cc1Br. The van der Waals surface area contributed by atoms with Crippen molar-refractivity contribution in [3.05, 3.63) is 53.3 Å². The fraction of sp³-hybridized carbons (Fsp3) is 0.429. The molecule has 6 heteroatoms. The molecule has 0 spiro atoms. The average molecular weight is 628 g/mol. The van der Waals surface area contributed by atoms with Crippen LogP contribution in [0.2, 0.25) is 0 Å². The van der Waals surface area contributed by atoms with E-state index >= 15 is 0 Å². The summed E-state index contributed by atoms with van der Waals surface area (Å²) in [5, 5.41) is 0. The maximum atomic E-state index is 5.91. The zero-order valence-corrected chi connectivity index (χ0v) is 22.6. The standard InChI is InChI=1S/C21H24Br4O2/c1-11(2)26-19-15(22)7-13(8-16(19)23)21(5,6)14-9-17(24)20(18(25)10-14)27-12(3)4/h7-12H,1-6H3. The Kier molecular flexibility index (Phi) is 7.91. The topological polar surface area (TPSA) is 18.5 Å². The summed E-state index contributed by atoms with van der Waals surface area (Å²) in [7, 11) is 0. The third kappa shape index (κ3) is 5.52. The average Bonchev–Trinajstić information content (AvgIpc) is 2.53. The first-order chi connectivity index (χ1) is 12.4. The molecule has 0 aliphatic carbocycles. The van der Waals surface area contributed by atoms with Crippen molar-refractivity contribution in [1.82, 2.24) is 0 Å². The van der Waals surface area contributed by atoms with Gasteiger partial charge in [0, 0.05) is 5.41 Å². The quantitative estimate of drug-likeness (QED) is 0.319. The highest BCUT2D eigenvalue weighted by Crippen LogP contribution is 2.44. The number of hydrogen-bond donors (Lipinski definition) is 0. The Morgan fingerprint density at radius 2 is 0.889 bits per heavy atom. The summed E-state index contributed by atoms with van der Waals surface area (Å²) in [6, 6.07) is 8.51. The van der Waals surface area contributed by atoms with E-state index in [2.05, 4.69) is 102 Å². The summed E-state index contributed by atoms with van der Waals surface area (Å²) in [6.07, 6.45) is 0.216. The van der Waals surface area contributed by atoms with Gasteiger partial charge in [-0.15, -0.1) is 0 Å². The van der Waals surface area contributed by atoms with Crippen molar-refractivity contribution in [2.24, 2.45) is 0 Å². The van der Waals surface area contributed by atoms with Crippen LogP contribution in [0.15, 0.2) is 42.2 Å². The summed E-state index contributed by atoms with van der Waals surface area (Å²) in [4.78, 5) is 0. The summed E-state index contributed by atoms with van der Waals surface area (Å²) in [5.41, 5.74) is 2.13. The van der Waals surface area contributed by atoms with Gasteiger partial charge in [-0.2, -0.15) is 0 Å². The third-order valence-corrected chi connectivity index (χ3v) is 6.50. The molecule has 0 N–H and O–H groups in total. The Balaban J connectivity index is 2.50. The largest absolute Gasteiger partial charge is 0.489 e. The first kappa shape index (κ1) is 23.2. The predicted molar refractivity (Wildman–Crippen MR) is 127 cm³/mol. The molecule has 2 nitrogen and oxygen atoms in total. The van der Waals surface area contributed by atoms with E-state index in [-0.39, 0.29) is 17.6 Å². The Labute approximate surface area is 195 Å². The first-order valence-corrected chi connectivity index (χ1v) is 11.9. The molecule has 0 bridgehead atoms. The maximum Gasteiger partial charge on any atom is 0.148 e. The van der Waals surface area contributed by atoms with Gasteiger partial charge in [-0.3, -0.25) is 0 Å². The van der Waals surface area contributed by atoms with E-state index in [0.717, 1.165) is 29.4 Å². The van der Waals surface area contributed by atoms with E-state index in [1.54, 1.807) is 0 Å². The first-order valence-electron chi connectivity index (χ1n) is 8.75. The van der Waals surface area contributed by atoms with E-state index in [1.165, 1.54) is 11.1 Å². The van der Waals surface area contributed by atoms with Crippen molar-refractivity contribution in [3.63, 3.8) is 0 Å². The van der Waals surface area contributed by atoms with Crippen molar-refractivity contribution in [2.45, 2.75) is 59.2 Å². The van der Waals surface area contributed by atoms with Crippen LogP contribution in [0.3, 0.4) is 0 Å². The number of benzene rings is 2. The molecular formula is C21H24Br4O2. The number of ether oxygens (including phenoxy) is 2. The Bertz CT molecular complexity index is 715. The molecule has 2 aromatic rings. The molecule has 0 aliphatic heterocycles. The second kappa shape index (κ2) is 9.19. The summed E-state index contributed by atoms with van der Waals surface area (Å²) >= 11 is 14.7. The number of rotatable bonds is 6. The van der Waals surface area contributed by atoms with E-state index in [9.17, 15) is 0 Å². The molecule has 0 atom stereocenters. The molecule has 148 valence electrons. The van der Waals surface area contributed by atoms with Gasteiger partial charge in [-0.05, 0) is 127 Å². The highest BCUT2D eigenvalue weighted by atomic mass is 79.9. The van der Waals surface area contributed by atoms with Gasteiger partial charge in [0.1, 0.15) is 11.5 Å². The lowest BCUT2D eigenvalue weighted by Crippen LogP contribution is -2.20. The van der Waals surface area contributed by atoms with Gasteiger partial charge >= 0.3 is 0 Å². The lowest BCUT2D eigenvalue weighted by molar-refractivity contribution is 0.239. The molecule has 0 aromatic heterocycles. The number of hydrogen-bond acceptors (Lipinski definition) is 2. The fourth-order valence-electron chi connectivity index (χ4n) is 2.70. The molecule has 0 heterocycles. The molecule has 0 fully saturated rings. The molecule has 0 radical (unpaired) electrons. The van der Waals surface area contributed by atoms with Gasteiger partial charge in [0.2, 0.25) is 0 Å². The van der Waals surface area contributed by atoms with E-state index in [4.69, 9.17) is 9.47 Å². The van der Waals surface area contributed by atoms with Crippen LogP contribution in [0.5, 0.6) is 11.5 Å². The molecular weight excluding hydrogens is 604 g/mol. The normalized spacial score (nSPS) is 12.0. The number of halogens is 4. The zero-order valence-electron chi connectivity index (χ0n) is 16.3. The van der Waals surface area contributed by atoms with E-state index < -0.39 is 0 Å². The van der Waals surface area contributed by atoms with Crippen molar-refractivity contribution >= 4 is 63.7 Å². The van der Waals surface area contributed by atoms with Crippen molar-refractivity contribution < 1.29 is 9.47 Å². The molecule has 0 saturated heterocycles. The molecule has 27 heavy (non-hydrogen) atoms. The molecule has 0 saturated carbocycles. The molecule has 0 amide bonds. The predicted octanol–water partition coefficient (Wildman–Crippen LogP) is 8.64. The van der Waals surface area contributed by atoms with Crippen LogP contribution in [0, 0.1) is 0 Å². The molecule has 2 aromatic carbocycles. The third-order valence-electron chi connectivity index (χ3n) is 4.15. The summed E-state index contributed by atoms with van der Waals surface area (Å²) in [5.74, 6) is 1.65. The van der Waals surface area contributed by atoms with Crippen LogP contribution in [-0.4, -0.2) is 12.2 Å². The van der Waals surface area contributed by atoms with Gasteiger partial charge in [-0.25, -0.2) is 0 Å². The van der Waals surface area contributed by atoms with Gasteiger partial charge < -0.3 is 9.47 Å². The highest BCUT2D eigenvalue weighted by Gasteiger charge is 2.27. The van der Waals surface area contributed by atoms with Crippen LogP contribution in [0.25, 0.3) is 0 Å². The Morgan fingerprint density at radius 3 is 1.11 bits per heavy atom. The van der Waals surface area contributed by atoms with Gasteiger partial charge in [0.15, 0.2) is 0 Å². The maximum absolute atomic E-state index is 5.91. The minimum Gasteiger partial charge on any atom is -0.489 e.